The van der Waals surface area contributed by atoms with Crippen molar-refractivity contribution in [2.24, 2.45) is 0 Å². The number of aromatic nitrogens is 4. The van der Waals surface area contributed by atoms with Gasteiger partial charge in [-0.15, -0.1) is 10.2 Å². The van der Waals surface area contributed by atoms with Crippen LogP contribution in [0.15, 0.2) is 54.6 Å². The number of carbonyl (C=O) groups is 1. The largest absolute Gasteiger partial charge is 0.339 e. The SMILES string of the molecule is Cc1ccc(C(=O)Nc2ccc(Nc3ccc(-n4nc(C)c(C)c4C)nn3)cc2)cc1F. The van der Waals surface area contributed by atoms with E-state index in [0.29, 0.717) is 22.9 Å². The minimum atomic E-state index is -0.405. The predicted octanol–water partition coefficient (Wildman–Crippen LogP) is 5.03. The molecule has 0 aliphatic heterocycles. The number of amides is 1. The maximum Gasteiger partial charge on any atom is 0.255 e. The first-order valence-corrected chi connectivity index (χ1v) is 10.1. The molecule has 8 heteroatoms. The number of benzene rings is 2. The van der Waals surface area contributed by atoms with E-state index in [1.54, 1.807) is 35.9 Å². The molecule has 0 spiro atoms. The van der Waals surface area contributed by atoms with Crippen molar-refractivity contribution >= 4 is 23.1 Å². The molecule has 32 heavy (non-hydrogen) atoms. The van der Waals surface area contributed by atoms with Gasteiger partial charge >= 0.3 is 0 Å². The molecule has 0 saturated heterocycles. The molecule has 1 amide bonds. The summed E-state index contributed by atoms with van der Waals surface area (Å²) < 4.78 is 15.5. The fourth-order valence-electron chi connectivity index (χ4n) is 3.17. The third-order valence-corrected chi connectivity index (χ3v) is 5.37. The molecule has 2 N–H and O–H groups in total. The number of hydrogen-bond donors (Lipinski definition) is 2. The molecule has 0 atom stereocenters. The summed E-state index contributed by atoms with van der Waals surface area (Å²) in [5.74, 6) is 0.455. The van der Waals surface area contributed by atoms with E-state index in [1.165, 1.54) is 6.07 Å². The number of nitrogens with zero attached hydrogens (tertiary/aromatic N) is 4. The highest BCUT2D eigenvalue weighted by Gasteiger charge is 2.11. The third-order valence-electron chi connectivity index (χ3n) is 5.37. The molecular weight excluding hydrogens is 407 g/mol. The molecule has 162 valence electrons. The van der Waals surface area contributed by atoms with Gasteiger partial charge in [-0.05, 0) is 87.4 Å². The first-order valence-electron chi connectivity index (χ1n) is 10.1. The Labute approximate surface area is 185 Å². The van der Waals surface area contributed by atoms with Gasteiger partial charge in [0, 0.05) is 22.6 Å². The third kappa shape index (κ3) is 4.34. The lowest BCUT2D eigenvalue weighted by Crippen LogP contribution is -2.12. The Kier molecular flexibility index (Phi) is 5.68. The van der Waals surface area contributed by atoms with Gasteiger partial charge in [-0.3, -0.25) is 4.79 Å². The summed E-state index contributed by atoms with van der Waals surface area (Å²) in [6.45, 7) is 7.65. The number of carbonyl (C=O) groups excluding carboxylic acids is 1. The van der Waals surface area contributed by atoms with E-state index in [-0.39, 0.29) is 11.5 Å². The van der Waals surface area contributed by atoms with Gasteiger partial charge < -0.3 is 10.6 Å². The number of rotatable bonds is 5. The highest BCUT2D eigenvalue weighted by molar-refractivity contribution is 6.04. The van der Waals surface area contributed by atoms with Gasteiger partial charge in [-0.1, -0.05) is 6.07 Å². The summed E-state index contributed by atoms with van der Waals surface area (Å²) in [6, 6.07) is 15.2. The number of halogens is 1. The molecule has 7 nitrogen and oxygen atoms in total. The topological polar surface area (TPSA) is 84.7 Å². The maximum absolute atomic E-state index is 13.7. The van der Waals surface area contributed by atoms with Gasteiger partial charge in [0.1, 0.15) is 5.82 Å². The quantitative estimate of drug-likeness (QED) is 0.464. The summed E-state index contributed by atoms with van der Waals surface area (Å²) in [6.07, 6.45) is 0. The molecule has 0 radical (unpaired) electrons. The lowest BCUT2D eigenvalue weighted by molar-refractivity contribution is 0.102. The Balaban J connectivity index is 1.41. The van der Waals surface area contributed by atoms with Crippen LogP contribution in [0, 0.1) is 33.5 Å². The summed E-state index contributed by atoms with van der Waals surface area (Å²) in [5.41, 5.74) is 5.28. The molecular formula is C24H23FN6O. The van der Waals surface area contributed by atoms with Crippen molar-refractivity contribution in [1.82, 2.24) is 20.0 Å². The predicted molar refractivity (Wildman–Crippen MR) is 122 cm³/mol. The summed E-state index contributed by atoms with van der Waals surface area (Å²) >= 11 is 0. The molecule has 4 rings (SSSR count). The normalized spacial score (nSPS) is 10.8. The lowest BCUT2D eigenvalue weighted by Gasteiger charge is -2.09. The van der Waals surface area contributed by atoms with Crippen LogP contribution in [0.2, 0.25) is 0 Å². The zero-order valence-electron chi connectivity index (χ0n) is 18.3. The highest BCUT2D eigenvalue weighted by atomic mass is 19.1. The van der Waals surface area contributed by atoms with E-state index < -0.39 is 5.82 Å². The standard InChI is InChI=1S/C24H23FN6O/c1-14-5-6-18(13-21(14)25)24(32)27-20-9-7-19(8-10-20)26-22-11-12-23(29-28-22)31-17(4)15(2)16(3)30-31/h5-13H,1-4H3,(H,26,28)(H,27,32). The molecule has 4 aromatic rings. The molecule has 0 fully saturated rings. The molecule has 0 bridgehead atoms. The average Bonchev–Trinajstić information content (AvgIpc) is 3.05. The van der Waals surface area contributed by atoms with Crippen LogP contribution in [-0.2, 0) is 0 Å². The summed E-state index contributed by atoms with van der Waals surface area (Å²) in [5, 5.41) is 18.9. The highest BCUT2D eigenvalue weighted by Crippen LogP contribution is 2.20. The second-order valence-electron chi connectivity index (χ2n) is 7.60. The van der Waals surface area contributed by atoms with Gasteiger partial charge in [0.05, 0.1) is 5.69 Å². The average molecular weight is 430 g/mol. The van der Waals surface area contributed by atoms with Crippen molar-refractivity contribution in [3.63, 3.8) is 0 Å². The van der Waals surface area contributed by atoms with Crippen molar-refractivity contribution in [2.75, 3.05) is 10.6 Å². The fraction of sp³-hybridized carbons (Fsp3) is 0.167. The summed E-state index contributed by atoms with van der Waals surface area (Å²) in [7, 11) is 0. The van der Waals surface area contributed by atoms with Crippen LogP contribution in [0.25, 0.3) is 5.82 Å². The fourth-order valence-corrected chi connectivity index (χ4v) is 3.17. The first-order chi connectivity index (χ1) is 15.3. The minimum Gasteiger partial charge on any atom is -0.339 e. The lowest BCUT2D eigenvalue weighted by atomic mass is 10.1. The first kappa shape index (κ1) is 21.2. The van der Waals surface area contributed by atoms with E-state index in [4.69, 9.17) is 0 Å². The van der Waals surface area contributed by atoms with Crippen molar-refractivity contribution in [2.45, 2.75) is 27.7 Å². The van der Waals surface area contributed by atoms with Gasteiger partial charge in [0.2, 0.25) is 0 Å². The van der Waals surface area contributed by atoms with Crippen LogP contribution < -0.4 is 10.6 Å². The van der Waals surface area contributed by atoms with Crippen LogP contribution in [-0.4, -0.2) is 25.9 Å². The van der Waals surface area contributed by atoms with Gasteiger partial charge in [0.15, 0.2) is 11.6 Å². The van der Waals surface area contributed by atoms with Crippen LogP contribution in [0.1, 0.15) is 32.9 Å². The number of nitrogens with one attached hydrogen (secondary N) is 2. The number of hydrogen-bond acceptors (Lipinski definition) is 5. The number of aryl methyl sites for hydroxylation is 2. The van der Waals surface area contributed by atoms with Gasteiger partial charge in [-0.25, -0.2) is 9.07 Å². The summed E-state index contributed by atoms with van der Waals surface area (Å²) in [4.78, 5) is 12.3. The Morgan fingerprint density at radius 3 is 2.22 bits per heavy atom. The Hall–Kier alpha value is -4.07. The van der Waals surface area contributed by atoms with Crippen molar-refractivity contribution in [3.8, 4) is 5.82 Å². The van der Waals surface area contributed by atoms with Crippen molar-refractivity contribution in [1.29, 1.82) is 0 Å². The van der Waals surface area contributed by atoms with Crippen molar-refractivity contribution in [3.05, 3.63) is 88.5 Å². The Morgan fingerprint density at radius 2 is 1.62 bits per heavy atom. The molecule has 0 unspecified atom stereocenters. The van der Waals surface area contributed by atoms with Crippen LogP contribution in [0.3, 0.4) is 0 Å². The van der Waals surface area contributed by atoms with Gasteiger partial charge in [-0.2, -0.15) is 5.10 Å². The second-order valence-corrected chi connectivity index (χ2v) is 7.60. The van der Waals surface area contributed by atoms with Gasteiger partial charge in [0.25, 0.3) is 5.91 Å². The molecule has 0 aliphatic rings. The minimum absolute atomic E-state index is 0.267. The zero-order valence-corrected chi connectivity index (χ0v) is 18.3. The van der Waals surface area contributed by atoms with E-state index in [0.717, 1.165) is 22.6 Å². The monoisotopic (exact) mass is 430 g/mol. The maximum atomic E-state index is 13.7. The number of anilines is 3. The second kappa shape index (κ2) is 8.58. The molecule has 2 aromatic carbocycles. The zero-order chi connectivity index (χ0) is 22.8. The van der Waals surface area contributed by atoms with Crippen LogP contribution >= 0.6 is 0 Å². The van der Waals surface area contributed by atoms with Crippen molar-refractivity contribution < 1.29 is 9.18 Å². The van der Waals surface area contributed by atoms with Crippen LogP contribution in [0.4, 0.5) is 21.6 Å². The molecule has 2 aromatic heterocycles. The Bertz CT molecular complexity index is 1280. The molecule has 0 saturated carbocycles. The van der Waals surface area contributed by atoms with E-state index in [1.807, 2.05) is 45.0 Å². The van der Waals surface area contributed by atoms with E-state index in [9.17, 15) is 9.18 Å². The molecule has 0 aliphatic carbocycles. The Morgan fingerprint density at radius 1 is 0.906 bits per heavy atom. The van der Waals surface area contributed by atoms with E-state index >= 15 is 0 Å². The molecule has 2 heterocycles. The van der Waals surface area contributed by atoms with Crippen LogP contribution in [0.5, 0.6) is 0 Å². The smallest absolute Gasteiger partial charge is 0.255 e. The van der Waals surface area contributed by atoms with E-state index in [2.05, 4.69) is 25.9 Å².